The Morgan fingerprint density at radius 2 is 2.11 bits per heavy atom. The first kappa shape index (κ1) is 14.0. The zero-order valence-corrected chi connectivity index (χ0v) is 10.3. The molecule has 0 aliphatic carbocycles. The molecule has 1 aromatic rings. The smallest absolute Gasteiger partial charge is 0.303 e. The lowest BCUT2D eigenvalue weighted by molar-refractivity contribution is -0.137. The summed E-state index contributed by atoms with van der Waals surface area (Å²) in [6.45, 7) is 3.42. The molecule has 0 fully saturated rings. The zero-order chi connectivity index (χ0) is 13.7. The Morgan fingerprint density at radius 3 is 2.67 bits per heavy atom. The largest absolute Gasteiger partial charge is 0.481 e. The van der Waals surface area contributed by atoms with E-state index in [9.17, 15) is 14.4 Å². The van der Waals surface area contributed by atoms with Crippen LogP contribution in [0.25, 0.3) is 0 Å². The fraction of sp³-hybridized carbons (Fsp3) is 0.417. The van der Waals surface area contributed by atoms with Crippen molar-refractivity contribution in [1.29, 1.82) is 0 Å². The van der Waals surface area contributed by atoms with E-state index in [0.29, 0.717) is 12.1 Å². The van der Waals surface area contributed by atoms with E-state index < -0.39 is 17.4 Å². The number of aromatic amines is 1. The maximum atomic E-state index is 11.8. The van der Waals surface area contributed by atoms with E-state index in [-0.39, 0.29) is 18.0 Å². The van der Waals surface area contributed by atoms with Crippen LogP contribution in [0.2, 0.25) is 0 Å². The van der Waals surface area contributed by atoms with Gasteiger partial charge in [-0.15, -0.1) is 0 Å². The first-order valence-corrected chi connectivity index (χ1v) is 5.62. The van der Waals surface area contributed by atoms with Gasteiger partial charge in [-0.1, -0.05) is 0 Å². The van der Waals surface area contributed by atoms with Crippen LogP contribution < -0.4 is 10.9 Å². The van der Waals surface area contributed by atoms with Crippen LogP contribution in [0, 0.1) is 6.92 Å². The normalized spacial score (nSPS) is 11.9. The van der Waals surface area contributed by atoms with Gasteiger partial charge in [0, 0.05) is 18.2 Å². The van der Waals surface area contributed by atoms with Crippen molar-refractivity contribution in [2.45, 2.75) is 32.7 Å². The van der Waals surface area contributed by atoms with Gasteiger partial charge in [-0.2, -0.15) is 0 Å². The standard InChI is InChI=1S/C12H16N2O4/c1-7-3-5-9(11(17)13-7)12(18)14-8(2)4-6-10(15)16/h3,5,8H,4,6H2,1-2H3,(H,13,17)(H,14,18)(H,15,16). The number of aromatic nitrogens is 1. The number of H-pyrrole nitrogens is 1. The third kappa shape index (κ3) is 4.04. The average molecular weight is 252 g/mol. The van der Waals surface area contributed by atoms with Crippen LogP contribution >= 0.6 is 0 Å². The molecule has 0 aromatic carbocycles. The third-order valence-electron chi connectivity index (χ3n) is 2.47. The number of hydrogen-bond donors (Lipinski definition) is 3. The Morgan fingerprint density at radius 1 is 1.44 bits per heavy atom. The Balaban J connectivity index is 2.65. The highest BCUT2D eigenvalue weighted by Gasteiger charge is 2.13. The molecule has 0 radical (unpaired) electrons. The monoisotopic (exact) mass is 252 g/mol. The van der Waals surface area contributed by atoms with Crippen molar-refractivity contribution in [1.82, 2.24) is 10.3 Å². The fourth-order valence-electron chi connectivity index (χ4n) is 1.46. The van der Waals surface area contributed by atoms with E-state index >= 15 is 0 Å². The molecule has 1 amide bonds. The highest BCUT2D eigenvalue weighted by molar-refractivity contribution is 5.93. The van der Waals surface area contributed by atoms with Crippen molar-refractivity contribution in [2.24, 2.45) is 0 Å². The first-order valence-electron chi connectivity index (χ1n) is 5.62. The van der Waals surface area contributed by atoms with Crippen LogP contribution in [0.5, 0.6) is 0 Å². The Hall–Kier alpha value is -2.11. The second kappa shape index (κ2) is 6.00. The number of carbonyl (C=O) groups excluding carboxylic acids is 1. The second-order valence-electron chi connectivity index (χ2n) is 4.19. The molecule has 0 spiro atoms. The summed E-state index contributed by atoms with van der Waals surface area (Å²) in [7, 11) is 0. The van der Waals surface area contributed by atoms with Gasteiger partial charge >= 0.3 is 5.97 Å². The molecule has 6 heteroatoms. The summed E-state index contributed by atoms with van der Waals surface area (Å²) >= 11 is 0. The SMILES string of the molecule is Cc1ccc(C(=O)NC(C)CCC(=O)O)c(=O)[nH]1. The molecule has 1 atom stereocenters. The molecule has 6 nitrogen and oxygen atoms in total. The summed E-state index contributed by atoms with van der Waals surface area (Å²) in [5.41, 5.74) is 0.260. The summed E-state index contributed by atoms with van der Waals surface area (Å²) in [6.07, 6.45) is 0.302. The number of pyridine rings is 1. The highest BCUT2D eigenvalue weighted by atomic mass is 16.4. The molecule has 0 saturated carbocycles. The van der Waals surface area contributed by atoms with Gasteiger partial charge in [-0.05, 0) is 32.4 Å². The average Bonchev–Trinajstić information content (AvgIpc) is 2.26. The molecular weight excluding hydrogens is 236 g/mol. The van der Waals surface area contributed by atoms with E-state index in [1.54, 1.807) is 19.9 Å². The second-order valence-corrected chi connectivity index (χ2v) is 4.19. The predicted molar refractivity (Wildman–Crippen MR) is 65.6 cm³/mol. The quantitative estimate of drug-likeness (QED) is 0.717. The number of aliphatic carboxylic acids is 1. The Bertz CT molecular complexity index is 507. The van der Waals surface area contributed by atoms with Crippen LogP contribution in [-0.2, 0) is 4.79 Å². The Labute approximate surface area is 104 Å². The minimum Gasteiger partial charge on any atom is -0.481 e. The van der Waals surface area contributed by atoms with E-state index in [1.807, 2.05) is 0 Å². The van der Waals surface area contributed by atoms with Gasteiger partial charge in [0.05, 0.1) is 0 Å². The number of amides is 1. The van der Waals surface area contributed by atoms with E-state index in [2.05, 4.69) is 10.3 Å². The van der Waals surface area contributed by atoms with Gasteiger partial charge in [0.15, 0.2) is 0 Å². The Kier molecular flexibility index (Phi) is 4.65. The lowest BCUT2D eigenvalue weighted by Crippen LogP contribution is -2.36. The molecular formula is C12H16N2O4. The minimum absolute atomic E-state index is 0.0221. The number of nitrogens with one attached hydrogen (secondary N) is 2. The molecule has 98 valence electrons. The maximum absolute atomic E-state index is 11.8. The number of carbonyl (C=O) groups is 2. The van der Waals surface area contributed by atoms with E-state index in [0.717, 1.165) is 0 Å². The van der Waals surface area contributed by atoms with E-state index in [4.69, 9.17) is 5.11 Å². The number of hydrogen-bond acceptors (Lipinski definition) is 3. The summed E-state index contributed by atoms with van der Waals surface area (Å²) in [5.74, 6) is -1.40. The number of carboxylic acids is 1. The van der Waals surface area contributed by atoms with Crippen molar-refractivity contribution >= 4 is 11.9 Å². The zero-order valence-electron chi connectivity index (χ0n) is 10.3. The lowest BCUT2D eigenvalue weighted by atomic mass is 10.1. The van der Waals surface area contributed by atoms with Crippen molar-refractivity contribution in [3.63, 3.8) is 0 Å². The van der Waals surface area contributed by atoms with Crippen molar-refractivity contribution in [3.8, 4) is 0 Å². The molecule has 18 heavy (non-hydrogen) atoms. The summed E-state index contributed by atoms with van der Waals surface area (Å²) in [5, 5.41) is 11.1. The molecule has 1 unspecified atom stereocenters. The van der Waals surface area contributed by atoms with Crippen LogP contribution in [0.15, 0.2) is 16.9 Å². The molecule has 1 rings (SSSR count). The highest BCUT2D eigenvalue weighted by Crippen LogP contribution is 1.99. The van der Waals surface area contributed by atoms with Crippen LogP contribution in [0.3, 0.4) is 0 Å². The van der Waals surface area contributed by atoms with Crippen LogP contribution in [0.4, 0.5) is 0 Å². The molecule has 3 N–H and O–H groups in total. The summed E-state index contributed by atoms with van der Waals surface area (Å²) in [6, 6.07) is 2.79. The van der Waals surface area contributed by atoms with Gasteiger partial charge in [-0.25, -0.2) is 0 Å². The molecule has 0 aliphatic rings. The summed E-state index contributed by atoms with van der Waals surface area (Å²) < 4.78 is 0. The van der Waals surface area contributed by atoms with Crippen molar-refractivity contribution < 1.29 is 14.7 Å². The van der Waals surface area contributed by atoms with Gasteiger partial charge in [-0.3, -0.25) is 14.4 Å². The first-order chi connectivity index (χ1) is 8.40. The lowest BCUT2D eigenvalue weighted by Gasteiger charge is -2.12. The van der Waals surface area contributed by atoms with Crippen LogP contribution in [-0.4, -0.2) is 28.0 Å². The topological polar surface area (TPSA) is 99.3 Å². The van der Waals surface area contributed by atoms with Crippen molar-refractivity contribution in [2.75, 3.05) is 0 Å². The molecule has 1 heterocycles. The molecule has 0 aliphatic heterocycles. The molecule has 0 bridgehead atoms. The van der Waals surface area contributed by atoms with Crippen LogP contribution in [0.1, 0.15) is 35.8 Å². The van der Waals surface area contributed by atoms with Gasteiger partial charge in [0.2, 0.25) is 0 Å². The minimum atomic E-state index is -0.913. The number of carboxylic acid groups (broad SMARTS) is 1. The van der Waals surface area contributed by atoms with Crippen molar-refractivity contribution in [3.05, 3.63) is 33.7 Å². The third-order valence-corrected chi connectivity index (χ3v) is 2.47. The maximum Gasteiger partial charge on any atom is 0.303 e. The number of aryl methyl sites for hydroxylation is 1. The summed E-state index contributed by atoms with van der Waals surface area (Å²) in [4.78, 5) is 36.2. The van der Waals surface area contributed by atoms with Gasteiger partial charge in [0.1, 0.15) is 5.56 Å². The predicted octanol–water partition coefficient (Wildman–Crippen LogP) is 0.666. The molecule has 1 aromatic heterocycles. The van der Waals surface area contributed by atoms with Gasteiger partial charge in [0.25, 0.3) is 11.5 Å². The number of rotatable bonds is 5. The fourth-order valence-corrected chi connectivity index (χ4v) is 1.46. The van der Waals surface area contributed by atoms with Gasteiger partial charge < -0.3 is 15.4 Å². The molecule has 0 saturated heterocycles. The van der Waals surface area contributed by atoms with E-state index in [1.165, 1.54) is 6.07 Å².